The Bertz CT molecular complexity index is 1270. The SMILES string of the molecule is Cc1ccc(C(C)Nc2nc(S(C)(=O)=O)nc3c2cnn3-c2ccccc2)cc1. The number of anilines is 1. The minimum atomic E-state index is -3.60. The molecule has 0 spiro atoms. The van der Waals surface area contributed by atoms with Crippen molar-refractivity contribution in [3.8, 4) is 5.69 Å². The molecule has 0 saturated heterocycles. The molecule has 7 nitrogen and oxygen atoms in total. The smallest absolute Gasteiger partial charge is 0.250 e. The second-order valence-corrected chi connectivity index (χ2v) is 8.94. The summed E-state index contributed by atoms with van der Waals surface area (Å²) in [7, 11) is -3.60. The van der Waals surface area contributed by atoms with Crippen molar-refractivity contribution in [2.75, 3.05) is 11.6 Å². The Balaban J connectivity index is 1.84. The van der Waals surface area contributed by atoms with Crippen LogP contribution in [0, 0.1) is 6.92 Å². The van der Waals surface area contributed by atoms with Crippen LogP contribution in [0.25, 0.3) is 16.7 Å². The lowest BCUT2D eigenvalue weighted by atomic mass is 10.1. The van der Waals surface area contributed by atoms with E-state index in [4.69, 9.17) is 0 Å². The molecule has 2 aromatic carbocycles. The molecule has 8 heteroatoms. The van der Waals surface area contributed by atoms with E-state index in [0.717, 1.165) is 17.5 Å². The van der Waals surface area contributed by atoms with Crippen LogP contribution < -0.4 is 5.32 Å². The molecule has 4 rings (SSSR count). The molecule has 0 bridgehead atoms. The van der Waals surface area contributed by atoms with Gasteiger partial charge in [0.25, 0.3) is 5.16 Å². The normalized spacial score (nSPS) is 12.8. The van der Waals surface area contributed by atoms with Crippen molar-refractivity contribution in [1.29, 1.82) is 0 Å². The maximum atomic E-state index is 12.2. The number of sulfone groups is 1. The summed E-state index contributed by atoms with van der Waals surface area (Å²) in [6, 6.07) is 17.5. The number of benzene rings is 2. The number of nitrogens with zero attached hydrogens (tertiary/aromatic N) is 4. The van der Waals surface area contributed by atoms with Gasteiger partial charge in [-0.3, -0.25) is 0 Å². The molecule has 0 radical (unpaired) electrons. The van der Waals surface area contributed by atoms with Gasteiger partial charge in [0.15, 0.2) is 5.65 Å². The summed E-state index contributed by atoms with van der Waals surface area (Å²) in [4.78, 5) is 8.60. The highest BCUT2D eigenvalue weighted by molar-refractivity contribution is 7.90. The molecule has 148 valence electrons. The third-order valence-corrected chi connectivity index (χ3v) is 5.52. The molecule has 2 heterocycles. The molecule has 0 aliphatic heterocycles. The molecule has 0 amide bonds. The first-order valence-electron chi connectivity index (χ1n) is 9.17. The third-order valence-electron chi connectivity index (χ3n) is 4.67. The van der Waals surface area contributed by atoms with Gasteiger partial charge in [-0.25, -0.2) is 18.1 Å². The van der Waals surface area contributed by atoms with E-state index in [1.165, 1.54) is 5.56 Å². The van der Waals surface area contributed by atoms with Crippen molar-refractivity contribution in [2.24, 2.45) is 0 Å². The standard InChI is InChI=1S/C21H21N5O2S/c1-14-9-11-16(12-10-14)15(2)23-19-18-13-22-26(17-7-5-4-6-8-17)20(18)25-21(24-19)29(3,27)28/h4-13,15H,1-3H3,(H,23,24,25). The van der Waals surface area contributed by atoms with Gasteiger partial charge in [0.1, 0.15) is 5.82 Å². The summed E-state index contributed by atoms with van der Waals surface area (Å²) < 4.78 is 26.0. The summed E-state index contributed by atoms with van der Waals surface area (Å²) in [5.74, 6) is 0.436. The quantitative estimate of drug-likeness (QED) is 0.508. The van der Waals surface area contributed by atoms with Crippen LogP contribution in [0.5, 0.6) is 0 Å². The van der Waals surface area contributed by atoms with Gasteiger partial charge < -0.3 is 5.32 Å². The zero-order chi connectivity index (χ0) is 20.6. The lowest BCUT2D eigenvalue weighted by Gasteiger charge is -2.16. The summed E-state index contributed by atoms with van der Waals surface area (Å²) >= 11 is 0. The maximum Gasteiger partial charge on any atom is 0.250 e. The van der Waals surface area contributed by atoms with Crippen LogP contribution in [0.2, 0.25) is 0 Å². The second kappa shape index (κ2) is 7.29. The Morgan fingerprint density at radius 3 is 2.34 bits per heavy atom. The van der Waals surface area contributed by atoms with Crippen molar-refractivity contribution in [3.63, 3.8) is 0 Å². The molecule has 1 unspecified atom stereocenters. The molecular formula is C21H21N5O2S. The number of aryl methyl sites for hydroxylation is 1. The number of aromatic nitrogens is 4. The Hall–Kier alpha value is -3.26. The summed E-state index contributed by atoms with van der Waals surface area (Å²) in [6.45, 7) is 4.03. The fourth-order valence-corrected chi connectivity index (χ4v) is 3.58. The monoisotopic (exact) mass is 407 g/mol. The van der Waals surface area contributed by atoms with Crippen LogP contribution in [0.15, 0.2) is 66.0 Å². The minimum Gasteiger partial charge on any atom is -0.363 e. The highest BCUT2D eigenvalue weighted by Crippen LogP contribution is 2.27. The van der Waals surface area contributed by atoms with Gasteiger partial charge in [-0.1, -0.05) is 48.0 Å². The molecule has 0 saturated carbocycles. The lowest BCUT2D eigenvalue weighted by Crippen LogP contribution is -2.12. The van der Waals surface area contributed by atoms with E-state index in [1.807, 2.05) is 68.4 Å². The van der Waals surface area contributed by atoms with Gasteiger partial charge >= 0.3 is 0 Å². The lowest BCUT2D eigenvalue weighted by molar-refractivity contribution is 0.593. The van der Waals surface area contributed by atoms with Crippen LogP contribution in [0.4, 0.5) is 5.82 Å². The molecule has 0 aliphatic carbocycles. The van der Waals surface area contributed by atoms with Gasteiger partial charge in [-0.2, -0.15) is 10.1 Å². The molecule has 2 aromatic heterocycles. The molecule has 0 fully saturated rings. The van der Waals surface area contributed by atoms with Gasteiger partial charge in [0.2, 0.25) is 9.84 Å². The predicted molar refractivity (Wildman–Crippen MR) is 113 cm³/mol. The Morgan fingerprint density at radius 2 is 1.69 bits per heavy atom. The van der Waals surface area contributed by atoms with Crippen LogP contribution in [0.3, 0.4) is 0 Å². The first kappa shape index (κ1) is 19.1. The van der Waals surface area contributed by atoms with Gasteiger partial charge in [0.05, 0.1) is 17.3 Å². The highest BCUT2D eigenvalue weighted by Gasteiger charge is 2.20. The van der Waals surface area contributed by atoms with E-state index in [-0.39, 0.29) is 11.2 Å². The van der Waals surface area contributed by atoms with E-state index in [0.29, 0.717) is 16.9 Å². The number of hydrogen-bond acceptors (Lipinski definition) is 6. The van der Waals surface area contributed by atoms with Crippen LogP contribution in [-0.4, -0.2) is 34.4 Å². The number of hydrogen-bond donors (Lipinski definition) is 1. The molecule has 29 heavy (non-hydrogen) atoms. The highest BCUT2D eigenvalue weighted by atomic mass is 32.2. The molecule has 0 aliphatic rings. The van der Waals surface area contributed by atoms with E-state index < -0.39 is 9.84 Å². The first-order valence-corrected chi connectivity index (χ1v) is 11.1. The van der Waals surface area contributed by atoms with E-state index in [2.05, 4.69) is 20.4 Å². The first-order chi connectivity index (χ1) is 13.8. The predicted octanol–water partition coefficient (Wildman–Crippen LogP) is 3.70. The minimum absolute atomic E-state index is 0.0822. The Morgan fingerprint density at radius 1 is 1.00 bits per heavy atom. The summed E-state index contributed by atoms with van der Waals surface area (Å²) in [6.07, 6.45) is 2.75. The van der Waals surface area contributed by atoms with Crippen molar-refractivity contribution < 1.29 is 8.42 Å². The topological polar surface area (TPSA) is 89.8 Å². The second-order valence-electron chi connectivity index (χ2n) is 7.03. The molecular weight excluding hydrogens is 386 g/mol. The van der Waals surface area contributed by atoms with Gasteiger partial charge in [-0.15, -0.1) is 0 Å². The fourth-order valence-electron chi connectivity index (χ4n) is 3.07. The van der Waals surface area contributed by atoms with Crippen LogP contribution >= 0.6 is 0 Å². The third kappa shape index (κ3) is 3.84. The Labute approximate surface area is 169 Å². The van der Waals surface area contributed by atoms with Crippen molar-refractivity contribution in [3.05, 3.63) is 71.9 Å². The number of rotatable bonds is 5. The van der Waals surface area contributed by atoms with Gasteiger partial charge in [-0.05, 0) is 31.5 Å². The fraction of sp³-hybridized carbons (Fsp3) is 0.190. The van der Waals surface area contributed by atoms with Crippen LogP contribution in [-0.2, 0) is 9.84 Å². The average Bonchev–Trinajstić information content (AvgIpc) is 3.13. The zero-order valence-electron chi connectivity index (χ0n) is 16.4. The van der Waals surface area contributed by atoms with Crippen molar-refractivity contribution in [1.82, 2.24) is 19.7 Å². The molecule has 1 N–H and O–H groups in total. The Kier molecular flexibility index (Phi) is 4.79. The van der Waals surface area contributed by atoms with Crippen molar-refractivity contribution in [2.45, 2.75) is 25.0 Å². The molecule has 1 atom stereocenters. The van der Waals surface area contributed by atoms with E-state index >= 15 is 0 Å². The molecule has 4 aromatic rings. The number of para-hydroxylation sites is 1. The zero-order valence-corrected chi connectivity index (χ0v) is 17.2. The van der Waals surface area contributed by atoms with E-state index in [9.17, 15) is 8.42 Å². The van der Waals surface area contributed by atoms with Crippen molar-refractivity contribution >= 4 is 26.7 Å². The largest absolute Gasteiger partial charge is 0.363 e. The maximum absolute atomic E-state index is 12.2. The van der Waals surface area contributed by atoms with Gasteiger partial charge in [0, 0.05) is 12.3 Å². The summed E-state index contributed by atoms with van der Waals surface area (Å²) in [5, 5.41) is 8.17. The summed E-state index contributed by atoms with van der Waals surface area (Å²) in [5.41, 5.74) is 3.47. The number of nitrogens with one attached hydrogen (secondary N) is 1. The van der Waals surface area contributed by atoms with Crippen LogP contribution in [0.1, 0.15) is 24.1 Å². The average molecular weight is 407 g/mol. The van der Waals surface area contributed by atoms with E-state index in [1.54, 1.807) is 10.9 Å². The number of fused-ring (bicyclic) bond motifs is 1.